The van der Waals surface area contributed by atoms with E-state index in [0.29, 0.717) is 52.6 Å². The number of nitrogen functional groups attached to an aromatic ring is 1. The van der Waals surface area contributed by atoms with E-state index in [1.165, 1.54) is 11.1 Å². The molecule has 9 rings (SSSR count). The van der Waals surface area contributed by atoms with Gasteiger partial charge in [-0.25, -0.2) is 9.37 Å². The van der Waals surface area contributed by atoms with E-state index >= 15 is 4.39 Å². The SMILES string of the molecule is C#Cc1cccc2cc(N)cc(-c3nc4c5c(nc(OCC67CC(=C)CN6CC(=C)C7)nc5c3F)N3C[C@H]5CC[C@H](N5)[C@H]3[C@H](C)O4)c12. The molecule has 4 atom stereocenters. The van der Waals surface area contributed by atoms with Crippen LogP contribution in [0.2, 0.25) is 0 Å². The number of ether oxygens (including phenoxy) is 2. The minimum absolute atomic E-state index is 0.0351. The zero-order chi connectivity index (χ0) is 32.2. The molecule has 0 saturated carbocycles. The van der Waals surface area contributed by atoms with Crippen LogP contribution in [0.15, 0.2) is 54.6 Å². The summed E-state index contributed by atoms with van der Waals surface area (Å²) in [5.41, 5.74) is 10.2. The molecule has 0 aliphatic carbocycles. The fraction of sp³-hybridized carbons (Fsp3) is 0.378. The van der Waals surface area contributed by atoms with Gasteiger partial charge in [-0.1, -0.05) is 42.4 Å². The average Bonchev–Trinajstić information content (AvgIpc) is 3.64. The first kappa shape index (κ1) is 28.5. The predicted octanol–water partition coefficient (Wildman–Crippen LogP) is 4.98. The van der Waals surface area contributed by atoms with E-state index in [0.717, 1.165) is 44.2 Å². The van der Waals surface area contributed by atoms with Crippen molar-refractivity contribution in [3.05, 3.63) is 66.0 Å². The molecule has 5 aliphatic heterocycles. The van der Waals surface area contributed by atoms with Crippen molar-refractivity contribution >= 4 is 33.2 Å². The first-order chi connectivity index (χ1) is 22.7. The maximum atomic E-state index is 17.2. The standard InChI is InChI=1S/C37H36FN7O2/c1-5-22-7-6-8-23-11-24(39)12-26(28(22)23)31-30(38)32-29-34(45-17-25-9-10-27(40-25)33(45)21(4)47-35(29)41-31)43-36(42-32)46-18-37-13-19(2)15-44(37)16-20(3)14-37/h1,6-8,11-12,21,25,27,33,40H,2-3,9-10,13-18,39H2,4H3/t21-,25+,27-,33+/m0/s1. The second-order valence-electron chi connectivity index (χ2n) is 14.0. The summed E-state index contributed by atoms with van der Waals surface area (Å²) in [6, 6.07) is 9.75. The van der Waals surface area contributed by atoms with E-state index in [9.17, 15) is 0 Å². The van der Waals surface area contributed by atoms with Gasteiger partial charge in [0.2, 0.25) is 5.88 Å². The van der Waals surface area contributed by atoms with Gasteiger partial charge in [0.15, 0.2) is 5.82 Å². The number of pyridine rings is 1. The molecule has 2 aromatic heterocycles. The van der Waals surface area contributed by atoms with E-state index in [-0.39, 0.29) is 46.8 Å². The minimum atomic E-state index is -0.605. The maximum absolute atomic E-state index is 17.2. The monoisotopic (exact) mass is 629 g/mol. The second kappa shape index (κ2) is 10.1. The normalized spacial score (nSPS) is 25.9. The predicted molar refractivity (Wildman–Crippen MR) is 181 cm³/mol. The number of rotatable bonds is 4. The Bertz CT molecular complexity index is 2070. The molecule has 0 unspecified atom stereocenters. The van der Waals surface area contributed by atoms with Crippen LogP contribution in [0.25, 0.3) is 32.9 Å². The van der Waals surface area contributed by atoms with Gasteiger partial charge in [-0.2, -0.15) is 9.97 Å². The van der Waals surface area contributed by atoms with Gasteiger partial charge < -0.3 is 25.4 Å². The van der Waals surface area contributed by atoms with Crippen LogP contribution in [-0.4, -0.2) is 75.9 Å². The van der Waals surface area contributed by atoms with Crippen molar-refractivity contribution in [3.63, 3.8) is 0 Å². The number of hydrogen-bond acceptors (Lipinski definition) is 9. The van der Waals surface area contributed by atoms with Crippen LogP contribution in [0, 0.1) is 18.2 Å². The lowest BCUT2D eigenvalue weighted by molar-refractivity contribution is 0.108. The smallest absolute Gasteiger partial charge is 0.319 e. The van der Waals surface area contributed by atoms with Crippen molar-refractivity contribution in [2.75, 3.05) is 36.9 Å². The average molecular weight is 630 g/mol. The molecule has 4 aromatic rings. The Balaban J connectivity index is 1.25. The zero-order valence-corrected chi connectivity index (χ0v) is 26.4. The van der Waals surface area contributed by atoms with E-state index in [2.05, 4.69) is 34.2 Å². The zero-order valence-electron chi connectivity index (χ0n) is 26.4. The van der Waals surface area contributed by atoms with Gasteiger partial charge in [-0.05, 0) is 56.2 Å². The molecule has 4 saturated heterocycles. The number of fused-ring (bicyclic) bond motifs is 7. The molecule has 238 valence electrons. The molecular weight excluding hydrogens is 593 g/mol. The number of nitrogens with two attached hydrogens (primary N) is 1. The number of piperazine rings is 1. The summed E-state index contributed by atoms with van der Waals surface area (Å²) in [4.78, 5) is 19.3. The summed E-state index contributed by atoms with van der Waals surface area (Å²) in [6.07, 6.45) is 9.37. The Hall–Kier alpha value is -4.72. The second-order valence-corrected chi connectivity index (χ2v) is 14.0. The van der Waals surface area contributed by atoms with Crippen molar-refractivity contribution in [1.29, 1.82) is 0 Å². The van der Waals surface area contributed by atoms with E-state index in [4.69, 9.17) is 36.6 Å². The number of nitrogens with zero attached hydrogens (tertiary/aromatic N) is 5. The van der Waals surface area contributed by atoms with E-state index < -0.39 is 5.82 Å². The number of terminal acetylenes is 1. The third kappa shape index (κ3) is 4.26. The Morgan fingerprint density at radius 3 is 2.74 bits per heavy atom. The topological polar surface area (TPSA) is 102 Å². The lowest BCUT2D eigenvalue weighted by atomic mass is 9.92. The van der Waals surface area contributed by atoms with Crippen LogP contribution < -0.4 is 25.4 Å². The molecule has 2 bridgehead atoms. The number of anilines is 2. The Morgan fingerprint density at radius 1 is 1.15 bits per heavy atom. The molecule has 10 heteroatoms. The molecule has 3 N–H and O–H groups in total. The largest absolute Gasteiger partial charge is 0.472 e. The van der Waals surface area contributed by atoms with Gasteiger partial charge in [0.25, 0.3) is 0 Å². The van der Waals surface area contributed by atoms with Crippen LogP contribution in [0.3, 0.4) is 0 Å². The van der Waals surface area contributed by atoms with Crippen LogP contribution in [-0.2, 0) is 0 Å². The van der Waals surface area contributed by atoms with Crippen molar-refractivity contribution in [2.45, 2.75) is 62.4 Å². The highest BCUT2D eigenvalue weighted by Crippen LogP contribution is 2.46. The highest BCUT2D eigenvalue weighted by molar-refractivity contribution is 6.04. The Labute approximate surface area is 272 Å². The van der Waals surface area contributed by atoms with Crippen LogP contribution in [0.5, 0.6) is 11.9 Å². The molecule has 0 amide bonds. The molecule has 4 fully saturated rings. The molecular formula is C37H36FN7O2. The number of nitrogens with one attached hydrogen (secondary N) is 1. The number of aromatic nitrogens is 3. The van der Waals surface area contributed by atoms with Gasteiger partial charge >= 0.3 is 6.01 Å². The molecule has 9 nitrogen and oxygen atoms in total. The maximum Gasteiger partial charge on any atom is 0.319 e. The number of hydrogen-bond donors (Lipinski definition) is 2. The quantitative estimate of drug-likeness (QED) is 0.184. The third-order valence-corrected chi connectivity index (χ3v) is 10.8. The summed E-state index contributed by atoms with van der Waals surface area (Å²) in [6.45, 7) is 13.2. The highest BCUT2D eigenvalue weighted by Gasteiger charge is 2.49. The van der Waals surface area contributed by atoms with Crippen LogP contribution >= 0.6 is 0 Å². The summed E-state index contributed by atoms with van der Waals surface area (Å²) in [7, 11) is 0. The van der Waals surface area contributed by atoms with Crippen molar-refractivity contribution in [2.24, 2.45) is 0 Å². The van der Waals surface area contributed by atoms with Crippen LogP contribution in [0.4, 0.5) is 15.9 Å². The van der Waals surface area contributed by atoms with Gasteiger partial charge in [0.05, 0.1) is 11.6 Å². The number of benzene rings is 2. The van der Waals surface area contributed by atoms with Crippen molar-refractivity contribution in [3.8, 4) is 35.5 Å². The Kier molecular flexibility index (Phi) is 6.15. The van der Waals surface area contributed by atoms with Gasteiger partial charge in [0, 0.05) is 53.9 Å². The fourth-order valence-corrected chi connectivity index (χ4v) is 8.94. The summed E-state index contributed by atoms with van der Waals surface area (Å²) >= 11 is 0. The highest BCUT2D eigenvalue weighted by atomic mass is 19.1. The van der Waals surface area contributed by atoms with Gasteiger partial charge in [-0.15, -0.1) is 6.42 Å². The summed E-state index contributed by atoms with van der Waals surface area (Å²) in [5.74, 6) is 3.02. The van der Waals surface area contributed by atoms with Crippen LogP contribution in [0.1, 0.15) is 38.2 Å². The molecule has 2 aromatic carbocycles. The number of halogens is 1. The summed E-state index contributed by atoms with van der Waals surface area (Å²) in [5, 5.41) is 5.69. The molecule has 0 spiro atoms. The van der Waals surface area contributed by atoms with Gasteiger partial charge in [0.1, 0.15) is 35.1 Å². The fourth-order valence-electron chi connectivity index (χ4n) is 8.94. The first-order valence-electron chi connectivity index (χ1n) is 16.3. The van der Waals surface area contributed by atoms with Crippen molar-refractivity contribution in [1.82, 2.24) is 25.2 Å². The molecule has 5 aliphatic rings. The molecule has 0 radical (unpaired) electrons. The summed E-state index contributed by atoms with van der Waals surface area (Å²) < 4.78 is 30.3. The first-order valence-corrected chi connectivity index (χ1v) is 16.3. The third-order valence-electron chi connectivity index (χ3n) is 10.8. The Morgan fingerprint density at radius 2 is 1.96 bits per heavy atom. The van der Waals surface area contributed by atoms with E-state index in [1.807, 2.05) is 31.2 Å². The minimum Gasteiger partial charge on any atom is -0.472 e. The van der Waals surface area contributed by atoms with Gasteiger partial charge in [-0.3, -0.25) is 4.90 Å². The lowest BCUT2D eigenvalue weighted by Gasteiger charge is -2.42. The molecule has 47 heavy (non-hydrogen) atoms. The molecule has 7 heterocycles. The van der Waals surface area contributed by atoms with E-state index in [1.54, 1.807) is 6.07 Å². The van der Waals surface area contributed by atoms with Crippen molar-refractivity contribution < 1.29 is 13.9 Å². The lowest BCUT2D eigenvalue weighted by Crippen LogP contribution is -2.62.